The van der Waals surface area contributed by atoms with Crippen LogP contribution in [0.4, 0.5) is 14.9 Å². The second kappa shape index (κ2) is 7.24. The molecule has 0 heterocycles. The van der Waals surface area contributed by atoms with Gasteiger partial charge in [-0.25, -0.2) is 9.18 Å². The van der Waals surface area contributed by atoms with Crippen molar-refractivity contribution in [2.24, 2.45) is 5.92 Å². The van der Waals surface area contributed by atoms with Gasteiger partial charge >= 0.3 is 6.03 Å². The van der Waals surface area contributed by atoms with E-state index in [0.29, 0.717) is 13.2 Å². The van der Waals surface area contributed by atoms with Gasteiger partial charge in [0.15, 0.2) is 0 Å². The number of ether oxygens (including phenoxy) is 1. The Morgan fingerprint density at radius 2 is 2.25 bits per heavy atom. The Bertz CT molecular complexity index is 461. The molecule has 1 aliphatic rings. The number of nitrogens with one attached hydrogen (secondary N) is 2. The third-order valence-corrected chi connectivity index (χ3v) is 3.17. The Hall–Kier alpha value is -1.62. The van der Waals surface area contributed by atoms with Gasteiger partial charge in [0.05, 0.1) is 5.69 Å². The van der Waals surface area contributed by atoms with Crippen LogP contribution in [-0.4, -0.2) is 25.8 Å². The first-order valence-electron chi connectivity index (χ1n) is 7.04. The maximum absolute atomic E-state index is 13.5. The highest BCUT2D eigenvalue weighted by Crippen LogP contribution is 2.28. The van der Waals surface area contributed by atoms with Crippen LogP contribution in [-0.2, 0) is 4.74 Å². The van der Waals surface area contributed by atoms with Crippen molar-refractivity contribution in [3.8, 4) is 0 Å². The molecule has 0 spiro atoms. The maximum atomic E-state index is 13.5. The molecule has 0 atom stereocenters. The summed E-state index contributed by atoms with van der Waals surface area (Å²) in [7, 11) is 0. The molecule has 0 radical (unpaired) electrons. The lowest BCUT2D eigenvalue weighted by Gasteiger charge is -2.09. The quantitative estimate of drug-likeness (QED) is 0.754. The summed E-state index contributed by atoms with van der Waals surface area (Å²) >= 11 is 0. The molecular weight excluding hydrogens is 259 g/mol. The predicted molar refractivity (Wildman–Crippen MR) is 76.3 cm³/mol. The number of carbonyl (C=O) groups is 1. The van der Waals surface area contributed by atoms with Crippen molar-refractivity contribution in [2.45, 2.75) is 26.2 Å². The molecular formula is C15H21FN2O2. The molecule has 1 saturated carbocycles. The smallest absolute Gasteiger partial charge is 0.319 e. The van der Waals surface area contributed by atoms with E-state index in [1.54, 1.807) is 19.1 Å². The summed E-state index contributed by atoms with van der Waals surface area (Å²) in [6.07, 6.45) is 3.32. The van der Waals surface area contributed by atoms with Gasteiger partial charge in [-0.2, -0.15) is 0 Å². The van der Waals surface area contributed by atoms with Crippen molar-refractivity contribution < 1.29 is 13.9 Å². The molecule has 0 unspecified atom stereocenters. The van der Waals surface area contributed by atoms with Crippen LogP contribution in [0.2, 0.25) is 0 Å². The number of amides is 2. The zero-order valence-corrected chi connectivity index (χ0v) is 11.7. The van der Waals surface area contributed by atoms with E-state index >= 15 is 0 Å². The lowest BCUT2D eigenvalue weighted by molar-refractivity contribution is 0.122. The van der Waals surface area contributed by atoms with Crippen LogP contribution >= 0.6 is 0 Å². The van der Waals surface area contributed by atoms with Gasteiger partial charge in [0.25, 0.3) is 0 Å². The third kappa shape index (κ3) is 5.17. The van der Waals surface area contributed by atoms with Gasteiger partial charge in [-0.3, -0.25) is 0 Å². The largest absolute Gasteiger partial charge is 0.381 e. The van der Waals surface area contributed by atoms with Crippen LogP contribution in [0.5, 0.6) is 0 Å². The van der Waals surface area contributed by atoms with Gasteiger partial charge in [-0.1, -0.05) is 6.07 Å². The maximum Gasteiger partial charge on any atom is 0.319 e. The van der Waals surface area contributed by atoms with Gasteiger partial charge in [-0.15, -0.1) is 0 Å². The fourth-order valence-corrected chi connectivity index (χ4v) is 1.80. The average molecular weight is 280 g/mol. The minimum Gasteiger partial charge on any atom is -0.381 e. The average Bonchev–Trinajstić information content (AvgIpc) is 3.21. The fraction of sp³-hybridized carbons (Fsp3) is 0.533. The number of rotatable bonds is 7. The van der Waals surface area contributed by atoms with Gasteiger partial charge in [0.2, 0.25) is 0 Å². The van der Waals surface area contributed by atoms with E-state index in [4.69, 9.17) is 4.74 Å². The van der Waals surface area contributed by atoms with Crippen LogP contribution in [0.1, 0.15) is 24.8 Å². The molecule has 4 nitrogen and oxygen atoms in total. The lowest BCUT2D eigenvalue weighted by atomic mass is 10.2. The molecule has 2 N–H and O–H groups in total. The molecule has 20 heavy (non-hydrogen) atoms. The first-order chi connectivity index (χ1) is 9.65. The second-order valence-corrected chi connectivity index (χ2v) is 5.24. The van der Waals surface area contributed by atoms with Gasteiger partial charge in [0, 0.05) is 19.8 Å². The molecule has 1 aromatic carbocycles. The first kappa shape index (κ1) is 14.8. The van der Waals surface area contributed by atoms with Crippen molar-refractivity contribution in [3.05, 3.63) is 29.6 Å². The number of hydrogen-bond donors (Lipinski definition) is 2. The molecule has 2 amide bonds. The number of halogens is 1. The van der Waals surface area contributed by atoms with E-state index in [9.17, 15) is 9.18 Å². The topological polar surface area (TPSA) is 50.4 Å². The van der Waals surface area contributed by atoms with Crippen molar-refractivity contribution >= 4 is 11.7 Å². The number of carbonyl (C=O) groups excluding carboxylic acids is 1. The van der Waals surface area contributed by atoms with Crippen LogP contribution in [0.3, 0.4) is 0 Å². The molecule has 0 bridgehead atoms. The van der Waals surface area contributed by atoms with Crippen molar-refractivity contribution in [2.75, 3.05) is 25.1 Å². The normalized spacial score (nSPS) is 14.1. The molecule has 110 valence electrons. The first-order valence-corrected chi connectivity index (χ1v) is 7.04. The number of anilines is 1. The zero-order valence-electron chi connectivity index (χ0n) is 11.7. The summed E-state index contributed by atoms with van der Waals surface area (Å²) in [6.45, 7) is 3.80. The molecule has 5 heteroatoms. The number of urea groups is 1. The van der Waals surface area contributed by atoms with E-state index in [2.05, 4.69) is 10.6 Å². The van der Waals surface area contributed by atoms with E-state index in [-0.39, 0.29) is 5.69 Å². The summed E-state index contributed by atoms with van der Waals surface area (Å²) in [6, 6.07) is 4.31. The van der Waals surface area contributed by atoms with Gasteiger partial charge < -0.3 is 15.4 Å². The Labute approximate surface area is 118 Å². The molecule has 0 aromatic heterocycles. The lowest BCUT2D eigenvalue weighted by Crippen LogP contribution is -2.30. The Balaban J connectivity index is 1.59. The minimum absolute atomic E-state index is 0.193. The summed E-state index contributed by atoms with van der Waals surface area (Å²) in [5.41, 5.74) is 1.01. The zero-order chi connectivity index (χ0) is 14.4. The highest BCUT2D eigenvalue weighted by Gasteiger charge is 2.20. The van der Waals surface area contributed by atoms with Crippen molar-refractivity contribution in [1.82, 2.24) is 5.32 Å². The van der Waals surface area contributed by atoms with Gasteiger partial charge in [0.1, 0.15) is 5.82 Å². The molecule has 1 aliphatic carbocycles. The van der Waals surface area contributed by atoms with Crippen LogP contribution in [0, 0.1) is 18.7 Å². The third-order valence-electron chi connectivity index (χ3n) is 3.17. The molecule has 1 aromatic rings. The number of hydrogen-bond acceptors (Lipinski definition) is 2. The fourth-order valence-electron chi connectivity index (χ4n) is 1.80. The highest BCUT2D eigenvalue weighted by molar-refractivity contribution is 5.89. The summed E-state index contributed by atoms with van der Waals surface area (Å²) in [5.74, 6) is 0.337. The summed E-state index contributed by atoms with van der Waals surface area (Å²) in [4.78, 5) is 11.6. The summed E-state index contributed by atoms with van der Waals surface area (Å²) in [5, 5.41) is 5.17. The minimum atomic E-state index is -0.423. The van der Waals surface area contributed by atoms with Crippen molar-refractivity contribution in [3.63, 3.8) is 0 Å². The number of benzene rings is 1. The summed E-state index contributed by atoms with van der Waals surface area (Å²) < 4.78 is 19.0. The number of aryl methyl sites for hydroxylation is 1. The van der Waals surface area contributed by atoms with Crippen LogP contribution in [0.15, 0.2) is 18.2 Å². The highest BCUT2D eigenvalue weighted by atomic mass is 19.1. The monoisotopic (exact) mass is 280 g/mol. The van der Waals surface area contributed by atoms with E-state index in [1.165, 1.54) is 18.9 Å². The standard InChI is InChI=1S/C15H21FN2O2/c1-11-3-6-14(13(16)9-11)18-15(19)17-7-2-8-20-10-12-4-5-12/h3,6,9,12H,2,4-5,7-8,10H2,1H3,(H2,17,18,19). The predicted octanol–water partition coefficient (Wildman–Crippen LogP) is 3.07. The Morgan fingerprint density at radius 1 is 1.45 bits per heavy atom. The Morgan fingerprint density at radius 3 is 2.95 bits per heavy atom. The molecule has 1 fully saturated rings. The molecule has 0 aliphatic heterocycles. The van der Waals surface area contributed by atoms with E-state index in [1.807, 2.05) is 0 Å². The SMILES string of the molecule is Cc1ccc(NC(=O)NCCCOCC2CC2)c(F)c1. The van der Waals surface area contributed by atoms with Crippen LogP contribution < -0.4 is 10.6 Å². The van der Waals surface area contributed by atoms with Gasteiger partial charge in [-0.05, 0) is 49.8 Å². The second-order valence-electron chi connectivity index (χ2n) is 5.24. The molecule has 2 rings (SSSR count). The van der Waals surface area contributed by atoms with Crippen molar-refractivity contribution in [1.29, 1.82) is 0 Å². The van der Waals surface area contributed by atoms with E-state index < -0.39 is 11.8 Å². The Kier molecular flexibility index (Phi) is 5.35. The van der Waals surface area contributed by atoms with E-state index in [0.717, 1.165) is 24.5 Å². The van der Waals surface area contributed by atoms with Crippen LogP contribution in [0.25, 0.3) is 0 Å². The molecule has 0 saturated heterocycles.